The lowest BCUT2D eigenvalue weighted by molar-refractivity contribution is 0.0600. The van der Waals surface area contributed by atoms with Crippen molar-refractivity contribution in [1.29, 1.82) is 0 Å². The summed E-state index contributed by atoms with van der Waals surface area (Å²) in [5.41, 5.74) is 7.78. The van der Waals surface area contributed by atoms with Gasteiger partial charge in [-0.25, -0.2) is 4.79 Å². The number of fused-ring (bicyclic) bond motifs is 1. The highest BCUT2D eigenvalue weighted by Crippen LogP contribution is 2.22. The van der Waals surface area contributed by atoms with E-state index in [1.807, 2.05) is 0 Å². The first kappa shape index (κ1) is 16.4. The van der Waals surface area contributed by atoms with Gasteiger partial charge in [-0.1, -0.05) is 36.4 Å². The molecule has 0 aliphatic heterocycles. The van der Waals surface area contributed by atoms with Crippen molar-refractivity contribution in [3.05, 3.63) is 82.2 Å². The van der Waals surface area contributed by atoms with Crippen molar-refractivity contribution in [2.24, 2.45) is 5.73 Å². The minimum Gasteiger partial charge on any atom is -0.465 e. The molecule has 6 heteroatoms. The number of ketones is 2. The van der Waals surface area contributed by atoms with Crippen LogP contribution in [0.2, 0.25) is 0 Å². The van der Waals surface area contributed by atoms with Crippen LogP contribution in [0.15, 0.2) is 59.9 Å². The van der Waals surface area contributed by atoms with E-state index in [1.54, 1.807) is 48.5 Å². The summed E-state index contributed by atoms with van der Waals surface area (Å²) >= 11 is 0. The van der Waals surface area contributed by atoms with Crippen molar-refractivity contribution in [2.75, 3.05) is 7.11 Å². The van der Waals surface area contributed by atoms with E-state index in [1.165, 1.54) is 7.11 Å². The molecule has 6 nitrogen and oxygen atoms in total. The molecule has 0 saturated carbocycles. The van der Waals surface area contributed by atoms with Crippen molar-refractivity contribution < 1.29 is 19.1 Å². The predicted octanol–water partition coefficient (Wildman–Crippen LogP) is 1.81. The van der Waals surface area contributed by atoms with Crippen LogP contribution in [0.5, 0.6) is 0 Å². The van der Waals surface area contributed by atoms with Gasteiger partial charge in [0, 0.05) is 17.7 Å². The van der Waals surface area contributed by atoms with Gasteiger partial charge in [0.15, 0.2) is 0 Å². The maximum absolute atomic E-state index is 12.6. The molecule has 0 aromatic heterocycles. The van der Waals surface area contributed by atoms with Gasteiger partial charge >= 0.3 is 5.97 Å². The second-order valence-corrected chi connectivity index (χ2v) is 5.53. The topological polar surface area (TPSA) is 98.5 Å². The quantitative estimate of drug-likeness (QED) is 0.826. The van der Waals surface area contributed by atoms with Gasteiger partial charge in [0.1, 0.15) is 11.4 Å². The number of rotatable bonds is 4. The van der Waals surface area contributed by atoms with Crippen LogP contribution >= 0.6 is 0 Å². The van der Waals surface area contributed by atoms with Crippen molar-refractivity contribution in [2.45, 2.75) is 6.54 Å². The van der Waals surface area contributed by atoms with Crippen LogP contribution in [-0.2, 0) is 11.3 Å². The van der Waals surface area contributed by atoms with E-state index < -0.39 is 5.97 Å². The molecule has 25 heavy (non-hydrogen) atoms. The maximum Gasteiger partial charge on any atom is 0.337 e. The zero-order chi connectivity index (χ0) is 18.0. The molecule has 126 valence electrons. The highest BCUT2D eigenvalue weighted by molar-refractivity contribution is 6.26. The van der Waals surface area contributed by atoms with E-state index in [-0.39, 0.29) is 23.0 Å². The Kier molecular flexibility index (Phi) is 4.35. The summed E-state index contributed by atoms with van der Waals surface area (Å²) in [6.45, 7) is 0.290. The van der Waals surface area contributed by atoms with Crippen LogP contribution in [-0.4, -0.2) is 24.6 Å². The molecule has 0 heterocycles. The summed E-state index contributed by atoms with van der Waals surface area (Å²) in [7, 11) is 1.32. The molecule has 0 saturated heterocycles. The van der Waals surface area contributed by atoms with E-state index in [2.05, 4.69) is 10.1 Å². The van der Waals surface area contributed by atoms with Gasteiger partial charge in [0.25, 0.3) is 0 Å². The van der Waals surface area contributed by atoms with Crippen molar-refractivity contribution >= 4 is 17.5 Å². The highest BCUT2D eigenvalue weighted by atomic mass is 16.5. The lowest BCUT2D eigenvalue weighted by Gasteiger charge is -2.19. The Balaban J connectivity index is 1.79. The largest absolute Gasteiger partial charge is 0.465 e. The normalized spacial score (nSPS) is 13.5. The molecule has 0 atom stereocenters. The number of benzene rings is 2. The van der Waals surface area contributed by atoms with Gasteiger partial charge in [-0.2, -0.15) is 0 Å². The summed E-state index contributed by atoms with van der Waals surface area (Å²) in [5.74, 6) is -1.09. The van der Waals surface area contributed by atoms with Gasteiger partial charge in [0.05, 0.1) is 12.7 Å². The van der Waals surface area contributed by atoms with Crippen LogP contribution in [0.3, 0.4) is 0 Å². The molecule has 1 aliphatic rings. The molecule has 0 unspecified atom stereocenters. The van der Waals surface area contributed by atoms with Crippen LogP contribution < -0.4 is 11.1 Å². The molecule has 3 N–H and O–H groups in total. The molecule has 0 fully saturated rings. The van der Waals surface area contributed by atoms with Crippen molar-refractivity contribution in [3.8, 4) is 0 Å². The first-order valence-corrected chi connectivity index (χ1v) is 7.62. The molecule has 0 spiro atoms. The number of ether oxygens (including phenoxy) is 1. The van der Waals surface area contributed by atoms with E-state index in [0.29, 0.717) is 23.2 Å². The Bertz CT molecular complexity index is 898. The second kappa shape index (κ2) is 6.60. The van der Waals surface area contributed by atoms with E-state index in [4.69, 9.17) is 5.73 Å². The fraction of sp³-hybridized carbons (Fsp3) is 0.105. The lowest BCUT2D eigenvalue weighted by atomic mass is 9.90. The van der Waals surface area contributed by atoms with Gasteiger partial charge in [-0.3, -0.25) is 9.59 Å². The molecule has 0 bridgehead atoms. The number of carbonyl (C=O) groups is 3. The first-order valence-electron chi connectivity index (χ1n) is 7.62. The standard InChI is InChI=1S/C19H16N2O4/c1-25-19(24)12-8-6-11(7-9-12)10-21-16-15(20)17(22)13-4-2-3-5-14(13)18(16)23/h2-9,21H,10,20H2,1H3. The summed E-state index contributed by atoms with van der Waals surface area (Å²) in [6.07, 6.45) is 0. The van der Waals surface area contributed by atoms with E-state index >= 15 is 0 Å². The summed E-state index contributed by atoms with van der Waals surface area (Å²) in [4.78, 5) is 36.3. The summed E-state index contributed by atoms with van der Waals surface area (Å²) in [5, 5.41) is 2.94. The van der Waals surface area contributed by atoms with E-state index in [0.717, 1.165) is 5.56 Å². The Labute approximate surface area is 144 Å². The van der Waals surface area contributed by atoms with Gasteiger partial charge < -0.3 is 15.8 Å². The average Bonchev–Trinajstić information content (AvgIpc) is 2.66. The molecular formula is C19H16N2O4. The predicted molar refractivity (Wildman–Crippen MR) is 90.9 cm³/mol. The molecule has 2 aromatic carbocycles. The fourth-order valence-electron chi connectivity index (χ4n) is 2.64. The number of Topliss-reactive ketones (excluding diaryl/α,β-unsaturated/α-hetero) is 2. The van der Waals surface area contributed by atoms with Gasteiger partial charge in [0.2, 0.25) is 11.6 Å². The van der Waals surface area contributed by atoms with Crippen LogP contribution in [0.4, 0.5) is 0 Å². The molecule has 0 amide bonds. The monoisotopic (exact) mass is 336 g/mol. The lowest BCUT2D eigenvalue weighted by Crippen LogP contribution is -2.33. The number of esters is 1. The Morgan fingerprint density at radius 1 is 1.00 bits per heavy atom. The Morgan fingerprint density at radius 2 is 1.60 bits per heavy atom. The number of allylic oxidation sites excluding steroid dienone is 2. The highest BCUT2D eigenvalue weighted by Gasteiger charge is 2.30. The minimum absolute atomic E-state index is 0.0881. The van der Waals surface area contributed by atoms with E-state index in [9.17, 15) is 14.4 Å². The summed E-state index contributed by atoms with van der Waals surface area (Å²) < 4.78 is 4.64. The molecule has 3 rings (SSSR count). The maximum atomic E-state index is 12.6. The molecular weight excluding hydrogens is 320 g/mol. The average molecular weight is 336 g/mol. The first-order chi connectivity index (χ1) is 12.0. The third kappa shape index (κ3) is 3.01. The second-order valence-electron chi connectivity index (χ2n) is 5.53. The molecule has 2 aromatic rings. The zero-order valence-electron chi connectivity index (χ0n) is 13.5. The number of carbonyl (C=O) groups excluding carboxylic acids is 3. The minimum atomic E-state index is -0.420. The number of nitrogens with one attached hydrogen (secondary N) is 1. The van der Waals surface area contributed by atoms with Gasteiger partial charge in [-0.15, -0.1) is 0 Å². The Morgan fingerprint density at radius 3 is 2.20 bits per heavy atom. The van der Waals surface area contributed by atoms with Crippen LogP contribution in [0, 0.1) is 0 Å². The number of methoxy groups -OCH3 is 1. The number of hydrogen-bond donors (Lipinski definition) is 2. The molecule has 0 radical (unpaired) electrons. The zero-order valence-corrected chi connectivity index (χ0v) is 13.5. The van der Waals surface area contributed by atoms with Crippen LogP contribution in [0.1, 0.15) is 36.6 Å². The fourth-order valence-corrected chi connectivity index (χ4v) is 2.64. The van der Waals surface area contributed by atoms with Crippen molar-refractivity contribution in [3.63, 3.8) is 0 Å². The van der Waals surface area contributed by atoms with Crippen LogP contribution in [0.25, 0.3) is 0 Å². The number of hydrogen-bond acceptors (Lipinski definition) is 6. The SMILES string of the molecule is COC(=O)c1ccc(CNC2=C(N)C(=O)c3ccccc3C2=O)cc1. The third-order valence-electron chi connectivity index (χ3n) is 4.00. The van der Waals surface area contributed by atoms with Gasteiger partial charge in [-0.05, 0) is 17.7 Å². The van der Waals surface area contributed by atoms with Crippen molar-refractivity contribution in [1.82, 2.24) is 5.32 Å². The smallest absolute Gasteiger partial charge is 0.337 e. The number of nitrogens with two attached hydrogens (primary N) is 1. The molecule has 1 aliphatic carbocycles. The Hall–Kier alpha value is -3.41. The summed E-state index contributed by atoms with van der Waals surface area (Å²) in [6, 6.07) is 13.3. The third-order valence-corrected chi connectivity index (χ3v) is 4.00.